The van der Waals surface area contributed by atoms with Crippen LogP contribution < -0.4 is 5.73 Å². The molecule has 4 heteroatoms. The lowest BCUT2D eigenvalue weighted by Gasteiger charge is -2.36. The van der Waals surface area contributed by atoms with Gasteiger partial charge < -0.3 is 15.2 Å². The number of rotatable bonds is 6. The minimum atomic E-state index is -0.151. The van der Waals surface area contributed by atoms with Crippen molar-refractivity contribution in [3.05, 3.63) is 0 Å². The monoisotopic (exact) mass is 269 g/mol. The third kappa shape index (κ3) is 4.01. The van der Waals surface area contributed by atoms with Crippen molar-refractivity contribution in [3.8, 4) is 0 Å². The van der Waals surface area contributed by atoms with E-state index in [0.717, 1.165) is 38.7 Å². The van der Waals surface area contributed by atoms with E-state index in [9.17, 15) is 4.79 Å². The van der Waals surface area contributed by atoms with E-state index in [1.165, 1.54) is 0 Å². The molecule has 2 aliphatic rings. The summed E-state index contributed by atoms with van der Waals surface area (Å²) in [5.74, 6) is 1.15. The highest BCUT2D eigenvalue weighted by atomic mass is 16.6. The van der Waals surface area contributed by atoms with Gasteiger partial charge in [0.1, 0.15) is 5.78 Å². The highest BCUT2D eigenvalue weighted by Gasteiger charge is 2.42. The molecule has 0 radical (unpaired) electrons. The van der Waals surface area contributed by atoms with Crippen molar-refractivity contribution < 1.29 is 14.3 Å². The summed E-state index contributed by atoms with van der Waals surface area (Å²) in [6.07, 6.45) is 5.36. The van der Waals surface area contributed by atoms with Gasteiger partial charge in [-0.1, -0.05) is 6.92 Å². The summed E-state index contributed by atoms with van der Waals surface area (Å²) in [5.41, 5.74) is 5.39. The Hall–Kier alpha value is -0.450. The van der Waals surface area contributed by atoms with E-state index >= 15 is 0 Å². The van der Waals surface area contributed by atoms with Crippen molar-refractivity contribution in [2.75, 3.05) is 26.4 Å². The number of hydrogen-bond donors (Lipinski definition) is 1. The summed E-state index contributed by atoms with van der Waals surface area (Å²) < 4.78 is 11.3. The van der Waals surface area contributed by atoms with Crippen LogP contribution in [0, 0.1) is 11.8 Å². The van der Waals surface area contributed by atoms with Crippen molar-refractivity contribution in [1.82, 2.24) is 0 Å². The molecule has 2 saturated heterocycles. The van der Waals surface area contributed by atoms with E-state index in [0.29, 0.717) is 37.9 Å². The molecule has 2 aliphatic heterocycles. The molecule has 2 fully saturated rings. The molecule has 3 unspecified atom stereocenters. The Morgan fingerprint density at radius 1 is 1.42 bits per heavy atom. The van der Waals surface area contributed by atoms with Crippen LogP contribution in [0.15, 0.2) is 0 Å². The lowest BCUT2D eigenvalue weighted by Crippen LogP contribution is -2.42. The molecule has 4 nitrogen and oxygen atoms in total. The van der Waals surface area contributed by atoms with Crippen LogP contribution in [0.1, 0.15) is 45.4 Å². The first-order chi connectivity index (χ1) is 9.15. The van der Waals surface area contributed by atoms with E-state index in [-0.39, 0.29) is 11.5 Å². The van der Waals surface area contributed by atoms with Crippen LogP contribution >= 0.6 is 0 Å². The van der Waals surface area contributed by atoms with E-state index in [1.807, 2.05) is 0 Å². The van der Waals surface area contributed by atoms with Crippen molar-refractivity contribution in [3.63, 3.8) is 0 Å². The van der Waals surface area contributed by atoms with Gasteiger partial charge in [-0.05, 0) is 38.1 Å². The first-order valence-corrected chi connectivity index (χ1v) is 7.60. The predicted molar refractivity (Wildman–Crippen MR) is 73.9 cm³/mol. The largest absolute Gasteiger partial charge is 0.378 e. The van der Waals surface area contributed by atoms with Crippen molar-refractivity contribution >= 4 is 5.78 Å². The Morgan fingerprint density at radius 2 is 2.26 bits per heavy atom. The summed E-state index contributed by atoms with van der Waals surface area (Å²) in [7, 11) is 0. The van der Waals surface area contributed by atoms with Gasteiger partial charge in [-0.2, -0.15) is 0 Å². The Morgan fingerprint density at radius 3 is 2.95 bits per heavy atom. The number of Topliss-reactive ketones (excluding diaryl/α,β-unsaturated/α-hetero) is 1. The van der Waals surface area contributed by atoms with Crippen molar-refractivity contribution in [2.45, 2.75) is 51.0 Å². The van der Waals surface area contributed by atoms with Crippen molar-refractivity contribution in [1.29, 1.82) is 0 Å². The summed E-state index contributed by atoms with van der Waals surface area (Å²) >= 11 is 0. The molecule has 0 aromatic rings. The molecule has 3 atom stereocenters. The van der Waals surface area contributed by atoms with Crippen LogP contribution in [0.25, 0.3) is 0 Å². The van der Waals surface area contributed by atoms with E-state index < -0.39 is 0 Å². The molecule has 2 N–H and O–H groups in total. The minimum Gasteiger partial charge on any atom is -0.378 e. The lowest BCUT2D eigenvalue weighted by molar-refractivity contribution is -0.137. The molecule has 0 aromatic carbocycles. The number of carbonyl (C=O) groups excluding carboxylic acids is 1. The van der Waals surface area contributed by atoms with Gasteiger partial charge in [-0.15, -0.1) is 0 Å². The first-order valence-electron chi connectivity index (χ1n) is 7.60. The maximum atomic E-state index is 12.3. The first kappa shape index (κ1) is 14.9. The number of nitrogens with two attached hydrogens (primary N) is 1. The Balaban J connectivity index is 1.78. The van der Waals surface area contributed by atoms with Crippen LogP contribution in [-0.4, -0.2) is 37.7 Å². The number of ether oxygens (including phenoxy) is 2. The molecule has 0 amide bonds. The molecule has 0 saturated carbocycles. The van der Waals surface area contributed by atoms with Crippen LogP contribution in [0.2, 0.25) is 0 Å². The molecular formula is C15H27NO3. The maximum absolute atomic E-state index is 12.3. The molecule has 2 heterocycles. The minimum absolute atomic E-state index is 0.151. The Labute approximate surface area is 116 Å². The van der Waals surface area contributed by atoms with Gasteiger partial charge in [0.15, 0.2) is 0 Å². The molecule has 110 valence electrons. The number of ketones is 1. The van der Waals surface area contributed by atoms with Gasteiger partial charge in [-0.25, -0.2) is 0 Å². The summed E-state index contributed by atoms with van der Waals surface area (Å²) in [5, 5.41) is 0. The fourth-order valence-corrected chi connectivity index (χ4v) is 3.19. The molecule has 2 rings (SSSR count). The third-order valence-corrected chi connectivity index (χ3v) is 4.56. The van der Waals surface area contributed by atoms with Crippen LogP contribution in [0.3, 0.4) is 0 Å². The molecular weight excluding hydrogens is 242 g/mol. The predicted octanol–water partition coefficient (Wildman–Crippen LogP) is 1.91. The normalized spacial score (nSPS) is 32.6. The molecule has 0 aliphatic carbocycles. The lowest BCUT2D eigenvalue weighted by atomic mass is 9.81. The Kier molecular flexibility index (Phi) is 5.37. The third-order valence-electron chi connectivity index (χ3n) is 4.56. The van der Waals surface area contributed by atoms with Crippen LogP contribution in [-0.2, 0) is 14.3 Å². The fourth-order valence-electron chi connectivity index (χ4n) is 3.19. The van der Waals surface area contributed by atoms with E-state index in [4.69, 9.17) is 15.2 Å². The van der Waals surface area contributed by atoms with E-state index in [2.05, 4.69) is 6.92 Å². The Bertz CT molecular complexity index is 300. The quantitative estimate of drug-likeness (QED) is 0.800. The van der Waals surface area contributed by atoms with Gasteiger partial charge >= 0.3 is 0 Å². The fraction of sp³-hybridized carbons (Fsp3) is 0.933. The zero-order valence-electron chi connectivity index (χ0n) is 12.0. The van der Waals surface area contributed by atoms with Crippen molar-refractivity contribution in [2.24, 2.45) is 17.6 Å². The molecule has 0 bridgehead atoms. The standard InChI is InChI=1S/C15H27NO3/c1-12(4-7-16)2-3-14(17)13-5-8-19-15(10-13)6-9-18-11-15/h12-13H,2-11,16H2,1H3. The number of carbonyl (C=O) groups is 1. The molecule has 19 heavy (non-hydrogen) atoms. The number of hydrogen-bond acceptors (Lipinski definition) is 4. The van der Waals surface area contributed by atoms with Gasteiger partial charge in [0.05, 0.1) is 12.2 Å². The molecule has 1 spiro atoms. The van der Waals surface area contributed by atoms with Gasteiger partial charge in [0.2, 0.25) is 0 Å². The van der Waals surface area contributed by atoms with Gasteiger partial charge in [0.25, 0.3) is 0 Å². The highest BCUT2D eigenvalue weighted by molar-refractivity contribution is 5.81. The topological polar surface area (TPSA) is 61.6 Å². The summed E-state index contributed by atoms with van der Waals surface area (Å²) in [6.45, 7) is 5.04. The zero-order chi connectivity index (χ0) is 13.7. The molecule has 0 aromatic heterocycles. The van der Waals surface area contributed by atoms with Gasteiger partial charge in [0, 0.05) is 32.0 Å². The average Bonchev–Trinajstić information content (AvgIpc) is 2.84. The highest BCUT2D eigenvalue weighted by Crippen LogP contribution is 2.36. The van der Waals surface area contributed by atoms with Crippen LogP contribution in [0.4, 0.5) is 0 Å². The summed E-state index contributed by atoms with van der Waals surface area (Å²) in [6, 6.07) is 0. The SMILES string of the molecule is CC(CCN)CCC(=O)C1CCOC2(CCOC2)C1. The second kappa shape index (κ2) is 6.82. The summed E-state index contributed by atoms with van der Waals surface area (Å²) in [4.78, 5) is 12.3. The van der Waals surface area contributed by atoms with Crippen LogP contribution in [0.5, 0.6) is 0 Å². The van der Waals surface area contributed by atoms with E-state index in [1.54, 1.807) is 0 Å². The maximum Gasteiger partial charge on any atom is 0.136 e. The average molecular weight is 269 g/mol. The second-order valence-electron chi connectivity index (χ2n) is 6.21. The van der Waals surface area contributed by atoms with Gasteiger partial charge in [-0.3, -0.25) is 4.79 Å². The zero-order valence-corrected chi connectivity index (χ0v) is 12.0. The smallest absolute Gasteiger partial charge is 0.136 e. The second-order valence-corrected chi connectivity index (χ2v) is 6.21.